The van der Waals surface area contributed by atoms with Gasteiger partial charge in [0.15, 0.2) is 5.82 Å². The van der Waals surface area contributed by atoms with Crippen LogP contribution in [0.2, 0.25) is 0 Å². The molecule has 0 saturated heterocycles. The number of aromatic amines is 1. The van der Waals surface area contributed by atoms with Gasteiger partial charge in [0.25, 0.3) is 0 Å². The first-order chi connectivity index (χ1) is 14.3. The number of ether oxygens (including phenoxy) is 1. The lowest BCUT2D eigenvalue weighted by atomic mass is 10.0. The Labute approximate surface area is 176 Å². The van der Waals surface area contributed by atoms with E-state index in [0.29, 0.717) is 29.4 Å². The lowest BCUT2D eigenvalue weighted by Crippen LogP contribution is -2.33. The molecule has 162 valence electrons. The number of alkyl carbamates (subject to hydrolysis) is 1. The molecule has 0 radical (unpaired) electrons. The summed E-state index contributed by atoms with van der Waals surface area (Å²) in [5, 5.41) is 13.3. The van der Waals surface area contributed by atoms with Crippen LogP contribution in [0.3, 0.4) is 0 Å². The van der Waals surface area contributed by atoms with E-state index in [9.17, 15) is 13.2 Å². The molecule has 1 saturated carbocycles. The number of fused-ring (bicyclic) bond motifs is 1. The van der Waals surface area contributed by atoms with Crippen LogP contribution in [0.25, 0.3) is 0 Å². The zero-order chi connectivity index (χ0) is 21.3. The second-order valence-electron chi connectivity index (χ2n) is 8.14. The van der Waals surface area contributed by atoms with E-state index in [1.165, 1.54) is 0 Å². The van der Waals surface area contributed by atoms with E-state index in [1.807, 2.05) is 32.0 Å². The summed E-state index contributed by atoms with van der Waals surface area (Å²) in [4.78, 5) is 12.1. The highest BCUT2D eigenvalue weighted by Crippen LogP contribution is 2.36. The average Bonchev–Trinajstić information content (AvgIpc) is 3.31. The standard InChI is InChI=1S/C20H27N5O4S/c1-12(2)22-20(26)29-16-6-4-14(9-16)17-11-19(25-24-17)23-15-5-3-13-7-8-21-30(27,28)18(13)10-15/h3,5,10-12,14,16,21H,4,6-9H2,1-2H3,(H,22,26)(H2,23,24,25)/t14-,16+/m0/s1. The molecule has 9 nitrogen and oxygen atoms in total. The van der Waals surface area contributed by atoms with Crippen LogP contribution in [0.15, 0.2) is 29.2 Å². The summed E-state index contributed by atoms with van der Waals surface area (Å²) in [6.07, 6.45) is 2.67. The van der Waals surface area contributed by atoms with Crippen LogP contribution >= 0.6 is 0 Å². The lowest BCUT2D eigenvalue weighted by molar-refractivity contribution is 0.0981. The van der Waals surface area contributed by atoms with Crippen molar-refractivity contribution >= 4 is 27.6 Å². The number of H-pyrrole nitrogens is 1. The second-order valence-corrected chi connectivity index (χ2v) is 9.88. The lowest BCUT2D eigenvalue weighted by Gasteiger charge is -2.18. The molecule has 1 amide bonds. The maximum atomic E-state index is 12.2. The van der Waals surface area contributed by atoms with Gasteiger partial charge in [-0.1, -0.05) is 6.07 Å². The number of anilines is 2. The van der Waals surface area contributed by atoms with Gasteiger partial charge in [0.2, 0.25) is 10.0 Å². The van der Waals surface area contributed by atoms with E-state index in [2.05, 4.69) is 25.6 Å². The largest absolute Gasteiger partial charge is 0.446 e. The number of sulfonamides is 1. The molecule has 4 rings (SSSR count). The Morgan fingerprint density at radius 1 is 1.27 bits per heavy atom. The SMILES string of the molecule is CC(C)NC(=O)O[C@@H]1CC[C@H](c2cc(Nc3ccc4c(c3)S(=O)(=O)NCC4)n[nH]2)C1. The van der Waals surface area contributed by atoms with Crippen molar-refractivity contribution in [1.29, 1.82) is 0 Å². The molecule has 2 aromatic rings. The van der Waals surface area contributed by atoms with E-state index in [1.54, 1.807) is 6.07 Å². The third kappa shape index (κ3) is 4.59. The molecule has 1 aliphatic carbocycles. The number of aromatic nitrogens is 2. The summed E-state index contributed by atoms with van der Waals surface area (Å²) in [7, 11) is -3.45. The molecule has 2 atom stereocenters. The van der Waals surface area contributed by atoms with Crippen molar-refractivity contribution in [3.05, 3.63) is 35.5 Å². The molecule has 0 bridgehead atoms. The minimum Gasteiger partial charge on any atom is -0.446 e. The van der Waals surface area contributed by atoms with E-state index < -0.39 is 10.0 Å². The first kappa shape index (κ1) is 20.7. The number of nitrogens with zero attached hydrogens (tertiary/aromatic N) is 1. The molecule has 2 heterocycles. The Balaban J connectivity index is 1.39. The van der Waals surface area contributed by atoms with Crippen LogP contribution in [0.5, 0.6) is 0 Å². The molecule has 1 fully saturated rings. The quantitative estimate of drug-likeness (QED) is 0.575. The van der Waals surface area contributed by atoms with Gasteiger partial charge in [-0.2, -0.15) is 5.10 Å². The van der Waals surface area contributed by atoms with Crippen molar-refractivity contribution in [1.82, 2.24) is 20.2 Å². The van der Waals surface area contributed by atoms with Crippen LogP contribution in [0, 0.1) is 0 Å². The van der Waals surface area contributed by atoms with Crippen molar-refractivity contribution in [2.75, 3.05) is 11.9 Å². The fraction of sp³-hybridized carbons (Fsp3) is 0.500. The molecular weight excluding hydrogens is 406 g/mol. The highest BCUT2D eigenvalue weighted by molar-refractivity contribution is 7.89. The molecule has 30 heavy (non-hydrogen) atoms. The van der Waals surface area contributed by atoms with Crippen LogP contribution in [-0.4, -0.2) is 43.4 Å². The van der Waals surface area contributed by atoms with Crippen LogP contribution in [0.1, 0.15) is 50.3 Å². The summed E-state index contributed by atoms with van der Waals surface area (Å²) in [6.45, 7) is 4.22. The van der Waals surface area contributed by atoms with Crippen LogP contribution in [-0.2, 0) is 21.2 Å². The third-order valence-electron chi connectivity index (χ3n) is 5.42. The van der Waals surface area contributed by atoms with Gasteiger partial charge in [0.05, 0.1) is 4.90 Å². The molecule has 0 spiro atoms. The Kier molecular flexibility index (Phi) is 5.70. The zero-order valence-electron chi connectivity index (χ0n) is 17.1. The number of carbonyl (C=O) groups excluding carboxylic acids is 1. The van der Waals surface area contributed by atoms with Gasteiger partial charge in [0.1, 0.15) is 6.10 Å². The van der Waals surface area contributed by atoms with Crippen LogP contribution < -0.4 is 15.4 Å². The van der Waals surface area contributed by atoms with E-state index in [0.717, 1.165) is 30.5 Å². The summed E-state index contributed by atoms with van der Waals surface area (Å²) in [5.41, 5.74) is 2.46. The second kappa shape index (κ2) is 8.27. The van der Waals surface area contributed by atoms with Gasteiger partial charge < -0.3 is 15.4 Å². The Morgan fingerprint density at radius 2 is 2.10 bits per heavy atom. The Morgan fingerprint density at radius 3 is 2.90 bits per heavy atom. The number of hydrogen-bond donors (Lipinski definition) is 4. The smallest absolute Gasteiger partial charge is 0.407 e. The zero-order valence-corrected chi connectivity index (χ0v) is 17.9. The normalized spacial score (nSPS) is 22.5. The Bertz CT molecular complexity index is 1030. The average molecular weight is 434 g/mol. The topological polar surface area (TPSA) is 125 Å². The third-order valence-corrected chi connectivity index (χ3v) is 6.96. The maximum absolute atomic E-state index is 12.2. The van der Waals surface area contributed by atoms with Gasteiger partial charge in [0, 0.05) is 36.0 Å². The number of nitrogens with one attached hydrogen (secondary N) is 4. The molecule has 10 heteroatoms. The first-order valence-corrected chi connectivity index (χ1v) is 11.7. The van der Waals surface area contributed by atoms with Gasteiger partial charge in [-0.05, 0) is 57.2 Å². The monoisotopic (exact) mass is 433 g/mol. The fourth-order valence-electron chi connectivity index (χ4n) is 4.00. The minimum atomic E-state index is -3.45. The number of rotatable bonds is 5. The number of benzene rings is 1. The van der Waals surface area contributed by atoms with Crippen molar-refractivity contribution in [3.8, 4) is 0 Å². The molecule has 1 aromatic carbocycles. The van der Waals surface area contributed by atoms with Gasteiger partial charge in [-0.3, -0.25) is 5.10 Å². The highest BCUT2D eigenvalue weighted by atomic mass is 32.2. The molecule has 0 unspecified atom stereocenters. The molecule has 4 N–H and O–H groups in total. The maximum Gasteiger partial charge on any atom is 0.407 e. The van der Waals surface area contributed by atoms with Gasteiger partial charge in [-0.15, -0.1) is 0 Å². The molecule has 1 aliphatic heterocycles. The molecule has 1 aromatic heterocycles. The van der Waals surface area contributed by atoms with Crippen molar-refractivity contribution in [2.45, 2.75) is 62.5 Å². The number of hydrogen-bond acceptors (Lipinski definition) is 6. The number of carbonyl (C=O) groups is 1. The molecular formula is C20H27N5O4S. The number of amides is 1. The Hall–Kier alpha value is -2.59. The minimum absolute atomic E-state index is 0.0466. The van der Waals surface area contributed by atoms with Crippen molar-refractivity contribution in [3.63, 3.8) is 0 Å². The predicted octanol–water partition coefficient (Wildman–Crippen LogP) is 2.76. The summed E-state index contributed by atoms with van der Waals surface area (Å²) in [5.74, 6) is 0.853. The van der Waals surface area contributed by atoms with E-state index in [-0.39, 0.29) is 24.2 Å². The van der Waals surface area contributed by atoms with Crippen molar-refractivity contribution in [2.24, 2.45) is 0 Å². The highest BCUT2D eigenvalue weighted by Gasteiger charge is 2.30. The summed E-state index contributed by atoms with van der Waals surface area (Å²) in [6, 6.07) is 7.31. The van der Waals surface area contributed by atoms with Crippen molar-refractivity contribution < 1.29 is 17.9 Å². The molecule has 2 aliphatic rings. The van der Waals surface area contributed by atoms with E-state index >= 15 is 0 Å². The van der Waals surface area contributed by atoms with E-state index in [4.69, 9.17) is 4.74 Å². The summed E-state index contributed by atoms with van der Waals surface area (Å²) >= 11 is 0. The first-order valence-electron chi connectivity index (χ1n) is 10.2. The summed E-state index contributed by atoms with van der Waals surface area (Å²) < 4.78 is 32.5. The van der Waals surface area contributed by atoms with Gasteiger partial charge in [-0.25, -0.2) is 17.9 Å². The predicted molar refractivity (Wildman–Crippen MR) is 112 cm³/mol. The van der Waals surface area contributed by atoms with Gasteiger partial charge >= 0.3 is 6.09 Å². The van der Waals surface area contributed by atoms with Crippen LogP contribution in [0.4, 0.5) is 16.3 Å². The fourth-order valence-corrected chi connectivity index (χ4v) is 5.32.